The predicted octanol–water partition coefficient (Wildman–Crippen LogP) is 3.87. The number of ether oxygens (including phenoxy) is 4. The van der Waals surface area contributed by atoms with E-state index in [0.717, 1.165) is 9.13 Å². The van der Waals surface area contributed by atoms with Gasteiger partial charge in [0.05, 0.1) is 37.2 Å². The average Bonchev–Trinajstić information content (AvgIpc) is 2.68. The number of hydrogen-bond donors (Lipinski definition) is 1. The van der Waals surface area contributed by atoms with Crippen molar-refractivity contribution >= 4 is 34.7 Å². The normalized spacial score (nSPS) is 10.6. The van der Waals surface area contributed by atoms with Gasteiger partial charge in [0, 0.05) is 5.56 Å². The number of nitrogens with one attached hydrogen (secondary N) is 1. The third kappa shape index (κ3) is 5.51. The number of hydrogen-bond acceptors (Lipinski definition) is 6. The van der Waals surface area contributed by atoms with Crippen molar-refractivity contribution in [2.24, 2.45) is 5.10 Å². The second kappa shape index (κ2) is 10.7. The zero-order valence-electron chi connectivity index (χ0n) is 16.2. The van der Waals surface area contributed by atoms with Crippen LogP contribution in [-0.4, -0.2) is 39.6 Å². The summed E-state index contributed by atoms with van der Waals surface area (Å²) in [5, 5.41) is 4.03. The molecule has 2 aromatic rings. The van der Waals surface area contributed by atoms with Gasteiger partial charge in [-0.3, -0.25) is 4.79 Å². The first-order chi connectivity index (χ1) is 13.5. The Morgan fingerprint density at radius 1 is 1.04 bits per heavy atom. The van der Waals surface area contributed by atoms with Crippen LogP contribution in [0.2, 0.25) is 0 Å². The molecule has 7 nitrogen and oxygen atoms in total. The summed E-state index contributed by atoms with van der Waals surface area (Å²) < 4.78 is 22.6. The fourth-order valence-corrected chi connectivity index (χ4v) is 3.28. The molecule has 1 amide bonds. The van der Waals surface area contributed by atoms with Crippen molar-refractivity contribution in [1.29, 1.82) is 0 Å². The van der Waals surface area contributed by atoms with Gasteiger partial charge in [-0.1, -0.05) is 0 Å². The van der Waals surface area contributed by atoms with Crippen LogP contribution >= 0.6 is 22.6 Å². The lowest BCUT2D eigenvalue weighted by molar-refractivity contribution is 0.0954. The van der Waals surface area contributed by atoms with E-state index < -0.39 is 0 Å². The SMILES string of the molecule is CCOc1ccc(C(=O)N/N=C/c2cc(I)c(OC)c(OCC)c2)cc1OC. The van der Waals surface area contributed by atoms with Crippen LogP contribution < -0.4 is 24.4 Å². The third-order valence-corrected chi connectivity index (χ3v) is 4.44. The van der Waals surface area contributed by atoms with Crippen molar-refractivity contribution in [3.05, 3.63) is 45.0 Å². The van der Waals surface area contributed by atoms with Gasteiger partial charge in [0.2, 0.25) is 0 Å². The maximum absolute atomic E-state index is 12.3. The van der Waals surface area contributed by atoms with Crippen LogP contribution in [-0.2, 0) is 0 Å². The van der Waals surface area contributed by atoms with Gasteiger partial charge in [-0.25, -0.2) is 5.43 Å². The summed E-state index contributed by atoms with van der Waals surface area (Å²) in [6, 6.07) is 8.65. The van der Waals surface area contributed by atoms with Crippen molar-refractivity contribution in [2.45, 2.75) is 13.8 Å². The van der Waals surface area contributed by atoms with Crippen LogP contribution in [0.5, 0.6) is 23.0 Å². The lowest BCUT2D eigenvalue weighted by Gasteiger charge is -2.12. The fraction of sp³-hybridized carbons (Fsp3) is 0.300. The number of rotatable bonds is 9. The summed E-state index contributed by atoms with van der Waals surface area (Å²) >= 11 is 2.16. The van der Waals surface area contributed by atoms with E-state index in [4.69, 9.17) is 18.9 Å². The summed E-state index contributed by atoms with van der Waals surface area (Å²) in [6.45, 7) is 4.81. The molecule has 2 aromatic carbocycles. The number of methoxy groups -OCH3 is 2. The molecule has 150 valence electrons. The molecule has 0 aliphatic rings. The highest BCUT2D eigenvalue weighted by atomic mass is 127. The average molecular weight is 498 g/mol. The van der Waals surface area contributed by atoms with Crippen LogP contribution in [0.25, 0.3) is 0 Å². The number of carbonyl (C=O) groups is 1. The molecule has 0 saturated carbocycles. The molecule has 0 saturated heterocycles. The number of nitrogens with zero attached hydrogens (tertiary/aromatic N) is 1. The highest BCUT2D eigenvalue weighted by Crippen LogP contribution is 2.33. The molecule has 0 heterocycles. The molecule has 0 aliphatic carbocycles. The van der Waals surface area contributed by atoms with Crippen molar-refractivity contribution in [3.63, 3.8) is 0 Å². The van der Waals surface area contributed by atoms with E-state index >= 15 is 0 Å². The Morgan fingerprint density at radius 3 is 2.39 bits per heavy atom. The molecule has 1 N–H and O–H groups in total. The predicted molar refractivity (Wildman–Crippen MR) is 116 cm³/mol. The monoisotopic (exact) mass is 498 g/mol. The van der Waals surface area contributed by atoms with E-state index in [-0.39, 0.29) is 5.91 Å². The highest BCUT2D eigenvalue weighted by Gasteiger charge is 2.12. The molecule has 28 heavy (non-hydrogen) atoms. The molecular weight excluding hydrogens is 475 g/mol. The molecule has 0 unspecified atom stereocenters. The van der Waals surface area contributed by atoms with Crippen LogP contribution in [0.15, 0.2) is 35.4 Å². The zero-order valence-corrected chi connectivity index (χ0v) is 18.4. The molecule has 0 radical (unpaired) electrons. The maximum atomic E-state index is 12.3. The van der Waals surface area contributed by atoms with Crippen molar-refractivity contribution in [3.8, 4) is 23.0 Å². The molecule has 2 rings (SSSR count). The molecule has 0 spiro atoms. The van der Waals surface area contributed by atoms with Gasteiger partial charge >= 0.3 is 0 Å². The fourth-order valence-electron chi connectivity index (χ4n) is 2.44. The Bertz CT molecular complexity index is 855. The quantitative estimate of drug-likeness (QED) is 0.323. The largest absolute Gasteiger partial charge is 0.493 e. The molecule has 0 aromatic heterocycles. The third-order valence-electron chi connectivity index (χ3n) is 3.64. The van der Waals surface area contributed by atoms with Crippen molar-refractivity contribution < 1.29 is 23.7 Å². The minimum absolute atomic E-state index is 0.356. The molecule has 0 fully saturated rings. The Hall–Kier alpha value is -2.49. The first kappa shape index (κ1) is 21.8. The number of carbonyl (C=O) groups excluding carboxylic acids is 1. The molecule has 8 heteroatoms. The first-order valence-corrected chi connectivity index (χ1v) is 9.76. The maximum Gasteiger partial charge on any atom is 0.271 e. The Balaban J connectivity index is 2.13. The first-order valence-electron chi connectivity index (χ1n) is 8.68. The minimum Gasteiger partial charge on any atom is -0.493 e. The van der Waals surface area contributed by atoms with Crippen LogP contribution in [0, 0.1) is 3.57 Å². The molecular formula is C20H23IN2O5. The van der Waals surface area contributed by atoms with Gasteiger partial charge in [-0.2, -0.15) is 5.10 Å². The number of amides is 1. The van der Waals surface area contributed by atoms with Gasteiger partial charge in [0.15, 0.2) is 23.0 Å². The van der Waals surface area contributed by atoms with Crippen LogP contribution in [0.1, 0.15) is 29.8 Å². The van der Waals surface area contributed by atoms with Gasteiger partial charge in [0.25, 0.3) is 5.91 Å². The van der Waals surface area contributed by atoms with E-state index in [0.29, 0.717) is 41.8 Å². The lowest BCUT2D eigenvalue weighted by Crippen LogP contribution is -2.17. The van der Waals surface area contributed by atoms with E-state index in [9.17, 15) is 4.79 Å². The molecule has 0 aliphatic heterocycles. The van der Waals surface area contributed by atoms with Gasteiger partial charge in [-0.05, 0) is 72.3 Å². The Morgan fingerprint density at radius 2 is 1.75 bits per heavy atom. The molecule has 0 bridgehead atoms. The standard InChI is InChI=1S/C20H23IN2O5/c1-5-27-16-8-7-14(11-17(16)25-3)20(24)23-22-12-13-9-15(21)19(26-4)18(10-13)28-6-2/h7-12H,5-6H2,1-4H3,(H,23,24)/b22-12+. The van der Waals surface area contributed by atoms with E-state index in [1.165, 1.54) is 7.11 Å². The topological polar surface area (TPSA) is 78.4 Å². The Kier molecular flexibility index (Phi) is 8.37. The Labute approximate surface area is 178 Å². The van der Waals surface area contributed by atoms with Crippen LogP contribution in [0.4, 0.5) is 0 Å². The summed E-state index contributed by atoms with van der Waals surface area (Å²) in [7, 11) is 3.12. The van der Waals surface area contributed by atoms with Crippen molar-refractivity contribution in [2.75, 3.05) is 27.4 Å². The second-order valence-electron chi connectivity index (χ2n) is 5.46. The van der Waals surface area contributed by atoms with Crippen molar-refractivity contribution in [1.82, 2.24) is 5.43 Å². The number of hydrazone groups is 1. The van der Waals surface area contributed by atoms with Gasteiger partial charge in [-0.15, -0.1) is 0 Å². The smallest absolute Gasteiger partial charge is 0.271 e. The second-order valence-corrected chi connectivity index (χ2v) is 6.63. The van der Waals surface area contributed by atoms with Gasteiger partial charge < -0.3 is 18.9 Å². The van der Waals surface area contributed by atoms with E-state index in [1.54, 1.807) is 37.6 Å². The summed E-state index contributed by atoms with van der Waals surface area (Å²) in [6.07, 6.45) is 1.55. The van der Waals surface area contributed by atoms with Crippen LogP contribution in [0.3, 0.4) is 0 Å². The number of benzene rings is 2. The van der Waals surface area contributed by atoms with E-state index in [1.807, 2.05) is 19.9 Å². The summed E-state index contributed by atoms with van der Waals surface area (Å²) in [5.74, 6) is 2.02. The lowest BCUT2D eigenvalue weighted by atomic mass is 10.2. The van der Waals surface area contributed by atoms with Gasteiger partial charge in [0.1, 0.15) is 0 Å². The minimum atomic E-state index is -0.356. The van der Waals surface area contributed by atoms with E-state index in [2.05, 4.69) is 33.1 Å². The highest BCUT2D eigenvalue weighted by molar-refractivity contribution is 14.1. The number of halogens is 1. The molecule has 0 atom stereocenters. The summed E-state index contributed by atoms with van der Waals surface area (Å²) in [4.78, 5) is 12.3. The summed E-state index contributed by atoms with van der Waals surface area (Å²) in [5.41, 5.74) is 3.70. The zero-order chi connectivity index (χ0) is 20.5.